The second-order valence-corrected chi connectivity index (χ2v) is 28.8. The van der Waals surface area contributed by atoms with Gasteiger partial charge in [-0.15, -0.1) is 0 Å². The molecule has 6 nitrogen and oxygen atoms in total. The minimum atomic E-state index is -1.86. The molecule has 0 fully saturated rings. The summed E-state index contributed by atoms with van der Waals surface area (Å²) in [5.41, 5.74) is 1.94. The van der Waals surface area contributed by atoms with E-state index in [0.29, 0.717) is 53.1 Å². The fraction of sp³-hybridized carbons (Fsp3) is 0.806. The fourth-order valence-electron chi connectivity index (χ4n) is 8.44. The third-order valence-corrected chi connectivity index (χ3v) is 20.5. The summed E-state index contributed by atoms with van der Waals surface area (Å²) in [6, 6.07) is 11.1. The van der Waals surface area contributed by atoms with E-state index in [1.54, 1.807) is 12.1 Å². The molecule has 0 heterocycles. The van der Waals surface area contributed by atoms with Gasteiger partial charge in [-0.3, -0.25) is 0 Å². The third kappa shape index (κ3) is 40.4. The maximum atomic E-state index is 9.49. The van der Waals surface area contributed by atoms with Gasteiger partial charge in [-0.2, -0.15) is 0 Å². The number of unbranched alkanes of at least 4 members (excludes halogenated alkanes) is 30. The van der Waals surface area contributed by atoms with Crippen LogP contribution in [-0.4, -0.2) is 65.3 Å². The molecule has 0 spiro atoms. The van der Waals surface area contributed by atoms with E-state index in [4.69, 9.17) is 69.8 Å². The molecule has 73 heavy (non-hydrogen) atoms. The van der Waals surface area contributed by atoms with Gasteiger partial charge in [-0.1, -0.05) is 286 Å². The van der Waals surface area contributed by atoms with Crippen LogP contribution < -0.4 is 0 Å². The van der Waals surface area contributed by atoms with Crippen LogP contribution in [0.5, 0.6) is 0 Å². The van der Waals surface area contributed by atoms with Crippen LogP contribution in [-0.2, 0) is 36.6 Å². The molecule has 426 valence electrons. The van der Waals surface area contributed by atoms with Gasteiger partial charge in [0, 0.05) is 13.2 Å². The van der Waals surface area contributed by atoms with Crippen LogP contribution in [0, 0.1) is 0 Å². The maximum absolute atomic E-state index is 9.49. The Kier molecular flexibility index (Phi) is 46.0. The highest BCUT2D eigenvalue weighted by atomic mass is 35.5. The molecule has 0 bridgehead atoms. The fourth-order valence-corrected chi connectivity index (χ4v) is 10.1. The average Bonchev–Trinajstić information content (AvgIpc) is 3.36. The van der Waals surface area contributed by atoms with Gasteiger partial charge in [0.05, 0.1) is 59.7 Å². The Morgan fingerprint density at radius 3 is 1.03 bits per heavy atom. The Morgan fingerprint density at radius 2 is 0.726 bits per heavy atom. The first-order chi connectivity index (χ1) is 35.2. The van der Waals surface area contributed by atoms with Crippen molar-refractivity contribution in [1.82, 2.24) is 0 Å². The SMILES string of the molecule is CCCCCCCCCCCCCCCCCCOC[C@H](CO)OCc1ccc(Cl)c(Cl)c1.CCCCCCCCCCCCCCCCCCOC[C@H](CO[Si](C)(C)C(C)(C)C)OCc1ccc(Cl)c(Cl)c1. The standard InChI is InChI=1S/C34H62Cl2O3Si.C28H48Cl2O3/c1-7-8-9-10-11-12-13-14-15-16-17-18-19-20-21-22-25-37-28-31(29-39-40(5,6)34(2,3)4)38-27-30-23-24-32(35)33(36)26-30;1-2-3-4-5-6-7-8-9-10-11-12-13-14-15-16-17-20-32-24-26(22-31)33-23-25-18-19-27(29)28(30)21-25/h23-24,26,31H,7-22,25,27-29H2,1-6H3;18-19,21,26,31H,2-17,20,22-24H2,1H3/t31-;26-/m10/s1. The van der Waals surface area contributed by atoms with Crippen molar-refractivity contribution in [3.05, 3.63) is 67.6 Å². The molecule has 0 aliphatic carbocycles. The molecular formula is C62H110Cl4O6Si. The van der Waals surface area contributed by atoms with E-state index in [2.05, 4.69) is 47.7 Å². The smallest absolute Gasteiger partial charge is 0.192 e. The average molecular weight is 1120 g/mol. The van der Waals surface area contributed by atoms with E-state index >= 15 is 0 Å². The first-order valence-electron chi connectivity index (χ1n) is 29.7. The number of benzene rings is 2. The molecule has 0 amide bonds. The summed E-state index contributed by atoms with van der Waals surface area (Å²) in [6.45, 7) is 19.7. The molecule has 0 radical (unpaired) electrons. The molecular weight excluding hydrogens is 1010 g/mol. The van der Waals surface area contributed by atoms with Gasteiger partial charge in [0.15, 0.2) is 8.32 Å². The lowest BCUT2D eigenvalue weighted by molar-refractivity contribution is -0.0502. The van der Waals surface area contributed by atoms with E-state index in [0.717, 1.165) is 37.2 Å². The maximum Gasteiger partial charge on any atom is 0.192 e. The second-order valence-electron chi connectivity index (χ2n) is 22.4. The molecule has 2 rings (SSSR count). The minimum Gasteiger partial charge on any atom is -0.414 e. The van der Waals surface area contributed by atoms with Gasteiger partial charge in [0.2, 0.25) is 0 Å². The molecule has 0 saturated carbocycles. The summed E-state index contributed by atoms with van der Waals surface area (Å²) < 4.78 is 30.2. The van der Waals surface area contributed by atoms with Crippen molar-refractivity contribution in [3.8, 4) is 0 Å². The van der Waals surface area contributed by atoms with E-state index in [-0.39, 0.29) is 23.9 Å². The Morgan fingerprint density at radius 1 is 0.425 bits per heavy atom. The molecule has 0 unspecified atom stereocenters. The quantitative estimate of drug-likeness (QED) is 0.0526. The molecule has 0 saturated heterocycles. The summed E-state index contributed by atoms with van der Waals surface area (Å²) in [6.07, 6.45) is 43.5. The molecule has 11 heteroatoms. The molecule has 0 aliphatic rings. The molecule has 0 aromatic heterocycles. The van der Waals surface area contributed by atoms with Gasteiger partial charge in [-0.25, -0.2) is 0 Å². The molecule has 1 N–H and O–H groups in total. The first kappa shape index (κ1) is 70.6. The summed E-state index contributed by atoms with van der Waals surface area (Å²) in [5.74, 6) is 0. The highest BCUT2D eigenvalue weighted by Gasteiger charge is 2.37. The van der Waals surface area contributed by atoms with E-state index < -0.39 is 8.32 Å². The topological polar surface area (TPSA) is 66.4 Å². The van der Waals surface area contributed by atoms with E-state index in [9.17, 15) is 5.11 Å². The van der Waals surface area contributed by atoms with Crippen LogP contribution in [0.1, 0.15) is 251 Å². The van der Waals surface area contributed by atoms with Crippen molar-refractivity contribution in [3.63, 3.8) is 0 Å². The second kappa shape index (κ2) is 47.6. The monoisotopic (exact) mass is 1120 g/mol. The van der Waals surface area contributed by atoms with Gasteiger partial charge < -0.3 is 28.5 Å². The molecule has 2 aromatic carbocycles. The van der Waals surface area contributed by atoms with Crippen molar-refractivity contribution < 1.29 is 28.5 Å². The van der Waals surface area contributed by atoms with Crippen molar-refractivity contribution in [1.29, 1.82) is 0 Å². The van der Waals surface area contributed by atoms with Crippen LogP contribution >= 0.6 is 46.4 Å². The van der Waals surface area contributed by atoms with Crippen LogP contribution in [0.25, 0.3) is 0 Å². The van der Waals surface area contributed by atoms with Gasteiger partial charge in [0.25, 0.3) is 0 Å². The van der Waals surface area contributed by atoms with Gasteiger partial charge in [0.1, 0.15) is 12.2 Å². The summed E-state index contributed by atoms with van der Waals surface area (Å²) in [5, 5.41) is 11.8. The Labute approximate surface area is 471 Å². The molecule has 2 atom stereocenters. The van der Waals surface area contributed by atoms with Crippen molar-refractivity contribution in [2.24, 2.45) is 0 Å². The zero-order chi connectivity index (χ0) is 53.7. The number of rotatable bonds is 48. The Hall–Kier alpha value is -0.423. The van der Waals surface area contributed by atoms with Gasteiger partial charge >= 0.3 is 0 Å². The number of aliphatic hydroxyl groups is 1. The Balaban J connectivity index is 0.000000744. The van der Waals surface area contributed by atoms with Crippen LogP contribution in [0.3, 0.4) is 0 Å². The lowest BCUT2D eigenvalue weighted by Gasteiger charge is -2.37. The molecule has 2 aromatic rings. The predicted molar refractivity (Wildman–Crippen MR) is 321 cm³/mol. The number of hydrogen-bond acceptors (Lipinski definition) is 6. The Bertz CT molecular complexity index is 1540. The normalized spacial score (nSPS) is 12.8. The number of ether oxygens (including phenoxy) is 4. The highest BCUT2D eigenvalue weighted by Crippen LogP contribution is 2.37. The number of aliphatic hydroxyl groups excluding tert-OH is 1. The summed E-state index contributed by atoms with van der Waals surface area (Å²) in [7, 11) is -1.86. The predicted octanol–water partition coefficient (Wildman–Crippen LogP) is 21.3. The van der Waals surface area contributed by atoms with E-state index in [1.165, 1.54) is 193 Å². The van der Waals surface area contributed by atoms with Gasteiger partial charge in [-0.05, 0) is 66.4 Å². The summed E-state index contributed by atoms with van der Waals surface area (Å²) in [4.78, 5) is 0. The van der Waals surface area contributed by atoms with Crippen LogP contribution in [0.2, 0.25) is 38.2 Å². The zero-order valence-electron chi connectivity index (χ0n) is 47.9. The third-order valence-electron chi connectivity index (χ3n) is 14.5. The first-order valence-corrected chi connectivity index (χ1v) is 34.2. The van der Waals surface area contributed by atoms with E-state index in [1.807, 2.05) is 24.3 Å². The van der Waals surface area contributed by atoms with Crippen LogP contribution in [0.15, 0.2) is 36.4 Å². The largest absolute Gasteiger partial charge is 0.414 e. The van der Waals surface area contributed by atoms with Crippen molar-refractivity contribution >= 4 is 54.7 Å². The number of halogens is 4. The molecule has 0 aliphatic heterocycles. The zero-order valence-corrected chi connectivity index (χ0v) is 51.9. The highest BCUT2D eigenvalue weighted by molar-refractivity contribution is 6.74. The lowest BCUT2D eigenvalue weighted by Crippen LogP contribution is -2.43. The minimum absolute atomic E-state index is 0.0553. The summed E-state index contributed by atoms with van der Waals surface area (Å²) >= 11 is 24.2. The number of hydrogen-bond donors (Lipinski definition) is 1. The van der Waals surface area contributed by atoms with Crippen molar-refractivity contribution in [2.45, 2.75) is 284 Å². The lowest BCUT2D eigenvalue weighted by atomic mass is 10.0. The van der Waals surface area contributed by atoms with Crippen LogP contribution in [0.4, 0.5) is 0 Å². The van der Waals surface area contributed by atoms with Crippen molar-refractivity contribution in [2.75, 3.05) is 39.6 Å².